The molecule has 152 valence electrons. The molecule has 0 radical (unpaired) electrons. The lowest BCUT2D eigenvalue weighted by molar-refractivity contribution is -0.384. The number of benzene rings is 2. The molecule has 2 aromatic carbocycles. The van der Waals surface area contributed by atoms with E-state index >= 15 is 0 Å². The number of hydrogen-bond acceptors (Lipinski definition) is 4. The van der Waals surface area contributed by atoms with Crippen LogP contribution in [0.5, 0.6) is 0 Å². The van der Waals surface area contributed by atoms with Crippen LogP contribution in [0, 0.1) is 15.9 Å². The van der Waals surface area contributed by atoms with Crippen LogP contribution in [-0.4, -0.2) is 45.8 Å². The molecule has 29 heavy (non-hydrogen) atoms. The van der Waals surface area contributed by atoms with Crippen molar-refractivity contribution >= 4 is 17.7 Å². The number of nitro benzene ring substituents is 1. The minimum Gasteiger partial charge on any atom is -0.334 e. The number of amides is 1. The van der Waals surface area contributed by atoms with Crippen molar-refractivity contribution in [2.24, 2.45) is 0 Å². The molecule has 1 fully saturated rings. The van der Waals surface area contributed by atoms with Crippen LogP contribution in [0.1, 0.15) is 25.0 Å². The minimum absolute atomic E-state index is 0.0215. The molecule has 0 unspecified atom stereocenters. The molecule has 2 atom stereocenters. The third kappa shape index (κ3) is 5.26. The molecule has 0 aromatic heterocycles. The Balaban J connectivity index is 1.60. The topological polar surface area (TPSA) is 66.7 Å². The van der Waals surface area contributed by atoms with Crippen molar-refractivity contribution in [3.63, 3.8) is 0 Å². The summed E-state index contributed by atoms with van der Waals surface area (Å²) in [5, 5.41) is 10.7. The summed E-state index contributed by atoms with van der Waals surface area (Å²) in [7, 11) is 0. The Hall–Kier alpha value is -3.06. The van der Waals surface area contributed by atoms with E-state index in [4.69, 9.17) is 0 Å². The number of carbonyl (C=O) groups excluding carboxylic acids is 1. The number of carbonyl (C=O) groups is 1. The average Bonchev–Trinajstić information content (AvgIpc) is 2.70. The first-order chi connectivity index (χ1) is 13.8. The molecule has 7 heteroatoms. The van der Waals surface area contributed by atoms with Crippen LogP contribution < -0.4 is 0 Å². The van der Waals surface area contributed by atoms with Gasteiger partial charge in [-0.15, -0.1) is 0 Å². The maximum Gasteiger partial charge on any atom is 0.269 e. The third-order valence-electron chi connectivity index (χ3n) is 5.22. The van der Waals surface area contributed by atoms with Gasteiger partial charge < -0.3 is 4.90 Å². The van der Waals surface area contributed by atoms with Gasteiger partial charge in [-0.1, -0.05) is 12.1 Å². The molecular formula is C22H24FN3O3. The molecule has 0 aliphatic carbocycles. The maximum atomic E-state index is 13.1. The monoisotopic (exact) mass is 397 g/mol. The molecule has 1 aliphatic heterocycles. The Morgan fingerprint density at radius 2 is 1.76 bits per heavy atom. The van der Waals surface area contributed by atoms with Crippen LogP contribution in [0.2, 0.25) is 0 Å². The van der Waals surface area contributed by atoms with Gasteiger partial charge in [0.2, 0.25) is 5.91 Å². The van der Waals surface area contributed by atoms with E-state index in [1.807, 2.05) is 11.8 Å². The number of non-ortho nitro benzene ring substituents is 1. The second-order valence-corrected chi connectivity index (χ2v) is 7.43. The number of nitrogens with zero attached hydrogens (tertiary/aromatic N) is 3. The van der Waals surface area contributed by atoms with E-state index in [-0.39, 0.29) is 29.5 Å². The van der Waals surface area contributed by atoms with Crippen molar-refractivity contribution in [1.29, 1.82) is 0 Å². The van der Waals surface area contributed by atoms with E-state index in [0.717, 1.165) is 17.7 Å². The van der Waals surface area contributed by atoms with Crippen LogP contribution in [0.25, 0.3) is 6.08 Å². The minimum atomic E-state index is -0.451. The first-order valence-corrected chi connectivity index (χ1v) is 9.55. The Morgan fingerprint density at radius 1 is 1.10 bits per heavy atom. The Kier molecular flexibility index (Phi) is 6.39. The van der Waals surface area contributed by atoms with Crippen molar-refractivity contribution in [2.75, 3.05) is 13.1 Å². The largest absolute Gasteiger partial charge is 0.334 e. The van der Waals surface area contributed by atoms with Crippen molar-refractivity contribution in [1.82, 2.24) is 9.80 Å². The molecule has 0 spiro atoms. The Bertz CT molecular complexity index is 897. The lowest BCUT2D eigenvalue weighted by atomic mass is 10.1. The van der Waals surface area contributed by atoms with Crippen molar-refractivity contribution < 1.29 is 14.1 Å². The first-order valence-electron chi connectivity index (χ1n) is 9.55. The molecule has 3 rings (SSSR count). The second kappa shape index (κ2) is 8.96. The van der Waals surface area contributed by atoms with Crippen LogP contribution in [0.3, 0.4) is 0 Å². The van der Waals surface area contributed by atoms with Gasteiger partial charge >= 0.3 is 0 Å². The van der Waals surface area contributed by atoms with Gasteiger partial charge in [-0.2, -0.15) is 0 Å². The molecule has 6 nitrogen and oxygen atoms in total. The predicted molar refractivity (Wildman–Crippen MR) is 110 cm³/mol. The van der Waals surface area contributed by atoms with Gasteiger partial charge in [-0.25, -0.2) is 4.39 Å². The van der Waals surface area contributed by atoms with Crippen LogP contribution in [0.15, 0.2) is 54.6 Å². The van der Waals surface area contributed by atoms with Gasteiger partial charge in [-0.3, -0.25) is 19.8 Å². The molecule has 0 N–H and O–H groups in total. The quantitative estimate of drug-likeness (QED) is 0.436. The van der Waals surface area contributed by atoms with Gasteiger partial charge in [0.25, 0.3) is 5.69 Å². The fourth-order valence-corrected chi connectivity index (χ4v) is 3.52. The first kappa shape index (κ1) is 20.7. The number of piperazine rings is 1. The highest BCUT2D eigenvalue weighted by atomic mass is 19.1. The summed E-state index contributed by atoms with van der Waals surface area (Å²) in [6.07, 6.45) is 3.19. The van der Waals surface area contributed by atoms with Crippen molar-refractivity contribution in [2.45, 2.75) is 32.5 Å². The third-order valence-corrected chi connectivity index (χ3v) is 5.22. The fraction of sp³-hybridized carbons (Fsp3) is 0.318. The standard InChI is InChI=1S/C22H24FN3O3/c1-16-14-25(17(2)13-24(16)15-19-3-8-20(23)9-4-19)22(27)12-7-18-5-10-21(11-6-18)26(28)29/h3-12,16-17H,13-15H2,1-2H3/b12-7+/t16-,17+/m0/s1. The Morgan fingerprint density at radius 3 is 2.38 bits per heavy atom. The van der Waals surface area contributed by atoms with E-state index in [9.17, 15) is 19.3 Å². The number of halogens is 1. The van der Waals surface area contributed by atoms with Crippen LogP contribution in [0.4, 0.5) is 10.1 Å². The number of hydrogen-bond donors (Lipinski definition) is 0. The second-order valence-electron chi connectivity index (χ2n) is 7.43. The SMILES string of the molecule is C[C@@H]1CN(Cc2ccc(F)cc2)[C@@H](C)CN1C(=O)/C=C/c1ccc([N+](=O)[O-])cc1. The summed E-state index contributed by atoms with van der Waals surface area (Å²) < 4.78 is 13.1. The van der Waals surface area contributed by atoms with Gasteiger partial charge in [0.1, 0.15) is 5.82 Å². The smallest absolute Gasteiger partial charge is 0.269 e. The highest BCUT2D eigenvalue weighted by molar-refractivity contribution is 5.92. The normalized spacial score (nSPS) is 20.2. The average molecular weight is 397 g/mol. The molecule has 2 aromatic rings. The molecule has 0 bridgehead atoms. The maximum absolute atomic E-state index is 13.1. The lowest BCUT2D eigenvalue weighted by Crippen LogP contribution is -2.57. The molecule has 1 aliphatic rings. The summed E-state index contributed by atoms with van der Waals surface area (Å²) in [5.74, 6) is -0.325. The van der Waals surface area contributed by atoms with Crippen LogP contribution in [-0.2, 0) is 11.3 Å². The molecular weight excluding hydrogens is 373 g/mol. The molecule has 1 amide bonds. The van der Waals surface area contributed by atoms with Gasteiger partial charge in [0.05, 0.1) is 4.92 Å². The highest BCUT2D eigenvalue weighted by Crippen LogP contribution is 2.19. The summed E-state index contributed by atoms with van der Waals surface area (Å²) >= 11 is 0. The zero-order valence-electron chi connectivity index (χ0n) is 16.5. The summed E-state index contributed by atoms with van der Waals surface area (Å²) in [5.41, 5.74) is 1.80. The highest BCUT2D eigenvalue weighted by Gasteiger charge is 2.30. The molecule has 1 saturated heterocycles. The van der Waals surface area contributed by atoms with E-state index in [0.29, 0.717) is 13.1 Å². The number of rotatable bonds is 5. The zero-order chi connectivity index (χ0) is 21.0. The summed E-state index contributed by atoms with van der Waals surface area (Å²) in [6, 6.07) is 12.8. The van der Waals surface area contributed by atoms with E-state index in [1.165, 1.54) is 30.3 Å². The van der Waals surface area contributed by atoms with E-state index in [1.54, 1.807) is 30.3 Å². The lowest BCUT2D eigenvalue weighted by Gasteiger charge is -2.44. The number of nitro groups is 1. The van der Waals surface area contributed by atoms with Crippen LogP contribution >= 0.6 is 0 Å². The van der Waals surface area contributed by atoms with Gasteiger partial charge in [0, 0.05) is 49.9 Å². The van der Waals surface area contributed by atoms with E-state index < -0.39 is 4.92 Å². The zero-order valence-corrected chi connectivity index (χ0v) is 16.5. The van der Waals surface area contributed by atoms with Gasteiger partial charge in [-0.05, 0) is 55.3 Å². The summed E-state index contributed by atoms with van der Waals surface area (Å²) in [4.78, 5) is 27.1. The Labute approximate surface area is 169 Å². The van der Waals surface area contributed by atoms with Crippen molar-refractivity contribution in [3.05, 3.63) is 81.7 Å². The summed E-state index contributed by atoms with van der Waals surface area (Å²) in [6.45, 7) is 6.14. The predicted octanol–water partition coefficient (Wildman–Crippen LogP) is 3.87. The van der Waals surface area contributed by atoms with E-state index in [2.05, 4.69) is 11.8 Å². The van der Waals surface area contributed by atoms with Crippen molar-refractivity contribution in [3.8, 4) is 0 Å². The fourth-order valence-electron chi connectivity index (χ4n) is 3.52. The molecule has 1 heterocycles. The van der Waals surface area contributed by atoms with Gasteiger partial charge in [0.15, 0.2) is 0 Å². The molecule has 0 saturated carbocycles.